The van der Waals surface area contributed by atoms with Crippen LogP contribution in [0, 0.1) is 19.7 Å². The zero-order valence-corrected chi connectivity index (χ0v) is 48.4. The Morgan fingerprint density at radius 2 is 1.68 bits per heavy atom. The van der Waals surface area contributed by atoms with Crippen LogP contribution in [-0.2, 0) is 31.2 Å². The van der Waals surface area contributed by atoms with Gasteiger partial charge in [-0.2, -0.15) is 5.10 Å². The van der Waals surface area contributed by atoms with Gasteiger partial charge in [0.2, 0.25) is 11.9 Å². The van der Waals surface area contributed by atoms with Gasteiger partial charge in [0.05, 0.1) is 53.8 Å². The second-order valence-corrected chi connectivity index (χ2v) is 26.4. The number of hydrogen-bond acceptors (Lipinski definition) is 18. The normalized spacial score (nSPS) is 21.2. The third-order valence-corrected chi connectivity index (χ3v) is 18.6. The van der Waals surface area contributed by atoms with Crippen LogP contribution < -0.4 is 29.9 Å². The number of aromatic amines is 1. The maximum atomic E-state index is 14.4. The topological polar surface area (TPSA) is 212 Å². The molecule has 1 amide bonds. The Morgan fingerprint density at radius 1 is 0.912 bits per heavy atom. The molecule has 0 aliphatic carbocycles. The van der Waals surface area contributed by atoms with Gasteiger partial charge in [0.1, 0.15) is 41.3 Å². The highest BCUT2D eigenvalue weighted by Crippen LogP contribution is 2.41. The predicted octanol–water partition coefficient (Wildman–Crippen LogP) is 6.25. The molecule has 22 heteroatoms. The minimum absolute atomic E-state index is 0.0652. The quantitative estimate of drug-likeness (QED) is 0.0812. The van der Waals surface area contributed by atoms with Gasteiger partial charge < -0.3 is 34.6 Å². The van der Waals surface area contributed by atoms with E-state index in [1.165, 1.54) is 18.5 Å². The number of anilines is 4. The van der Waals surface area contributed by atoms with Crippen LogP contribution >= 0.6 is 0 Å². The summed E-state index contributed by atoms with van der Waals surface area (Å²) in [6, 6.07) is 12.5. The van der Waals surface area contributed by atoms with Gasteiger partial charge in [-0.1, -0.05) is 26.0 Å². The Bertz CT molecular complexity index is 3260. The lowest BCUT2D eigenvalue weighted by atomic mass is 9.91. The number of aryl methyl sites for hydroxylation is 1. The van der Waals surface area contributed by atoms with Crippen LogP contribution in [0.25, 0.3) is 10.9 Å². The van der Waals surface area contributed by atoms with Crippen LogP contribution in [0.2, 0.25) is 0 Å². The number of rotatable bonds is 18. The molecule has 80 heavy (non-hydrogen) atoms. The van der Waals surface area contributed by atoms with E-state index in [9.17, 15) is 17.6 Å². The van der Waals surface area contributed by atoms with Crippen molar-refractivity contribution in [3.05, 3.63) is 101 Å². The van der Waals surface area contributed by atoms with E-state index in [1.807, 2.05) is 24.9 Å². The lowest BCUT2D eigenvalue weighted by molar-refractivity contribution is -0.121. The predicted molar refractivity (Wildman–Crippen MR) is 307 cm³/mol. The van der Waals surface area contributed by atoms with Crippen molar-refractivity contribution in [3.8, 4) is 11.5 Å². The number of aromatic nitrogens is 7. The second kappa shape index (κ2) is 23.6. The van der Waals surface area contributed by atoms with Gasteiger partial charge in [0.25, 0.3) is 0 Å². The second-order valence-electron chi connectivity index (χ2n) is 23.7. The highest BCUT2D eigenvalue weighted by Gasteiger charge is 2.42. The summed E-state index contributed by atoms with van der Waals surface area (Å²) < 4.78 is 59.4. The van der Waals surface area contributed by atoms with Crippen molar-refractivity contribution in [1.82, 2.24) is 55.1 Å². The Hall–Kier alpha value is -6.43. The number of nitrogens with one attached hydrogen (secondary N) is 3. The number of pyridine rings is 1. The van der Waals surface area contributed by atoms with Crippen LogP contribution in [0.5, 0.6) is 11.5 Å². The van der Waals surface area contributed by atoms with Crippen LogP contribution in [-0.4, -0.2) is 185 Å². The fourth-order valence-corrected chi connectivity index (χ4v) is 12.3. The van der Waals surface area contributed by atoms with Gasteiger partial charge >= 0.3 is 0 Å². The monoisotopic (exact) mass is 1120 g/mol. The summed E-state index contributed by atoms with van der Waals surface area (Å²) in [5, 5.41) is 14.8. The molecule has 8 heterocycles. The number of fused-ring (bicyclic) bond motifs is 2. The first-order valence-corrected chi connectivity index (χ1v) is 29.4. The number of morpholine rings is 1. The minimum Gasteiger partial charge on any atom is -0.492 e. The fourth-order valence-electron chi connectivity index (χ4n) is 11.0. The number of amides is 1. The van der Waals surface area contributed by atoms with E-state index < -0.39 is 14.6 Å². The lowest BCUT2D eigenvalue weighted by Crippen LogP contribution is -2.63. The van der Waals surface area contributed by atoms with Gasteiger partial charge in [-0.05, 0) is 96.7 Å². The summed E-state index contributed by atoms with van der Waals surface area (Å²) in [5.41, 5.74) is 5.88. The molecule has 4 aliphatic heterocycles. The number of nitrogens with zero attached hydrogens (tertiary/aromatic N) is 11. The number of ether oxygens (including phenoxy) is 3. The number of H-pyrrole nitrogens is 1. The van der Waals surface area contributed by atoms with E-state index >= 15 is 0 Å². The van der Waals surface area contributed by atoms with E-state index in [0.717, 1.165) is 86.1 Å². The molecule has 2 aromatic carbocycles. The van der Waals surface area contributed by atoms with E-state index in [1.54, 1.807) is 57.4 Å². The van der Waals surface area contributed by atoms with Gasteiger partial charge in [-0.15, -0.1) is 0 Å². The SMILES string of the molecule is Cc1[nH]nc(Nc2ncnc3cc(OCCCN4CCN(c5ncc(OC[C@H]6CN(C[C@H]7CN[C@H](C)CN7CC(=O)N7CC(C)(C)c8ncc(Cc9ccc(F)cc9)cc87)[C@H](C)CO6)cn5)CC4)c(S(=O)(=O)C(C)(C)C)cc23)c1C. The van der Waals surface area contributed by atoms with E-state index in [0.29, 0.717) is 86.5 Å². The molecule has 4 atom stereocenters. The highest BCUT2D eigenvalue weighted by atomic mass is 32.2. The summed E-state index contributed by atoms with van der Waals surface area (Å²) in [7, 11) is -3.82. The molecule has 3 N–H and O–H groups in total. The Kier molecular flexibility index (Phi) is 16.7. The van der Waals surface area contributed by atoms with Crippen molar-refractivity contribution >= 4 is 49.9 Å². The molecule has 0 saturated carbocycles. The Morgan fingerprint density at radius 3 is 2.40 bits per heavy atom. The molecule has 4 aromatic heterocycles. The molecule has 0 spiro atoms. The van der Waals surface area contributed by atoms with Gasteiger partial charge in [0, 0.05) is 118 Å². The average molecular weight is 1120 g/mol. The summed E-state index contributed by atoms with van der Waals surface area (Å²) in [5.74, 6) is 2.35. The van der Waals surface area contributed by atoms with Crippen molar-refractivity contribution in [2.45, 2.75) is 114 Å². The molecular formula is C58H77FN14O6S. The van der Waals surface area contributed by atoms with Crippen molar-refractivity contribution in [3.63, 3.8) is 0 Å². The number of piperazine rings is 2. The Labute approximate surface area is 469 Å². The Balaban J connectivity index is 0.686. The molecule has 0 bridgehead atoms. The van der Waals surface area contributed by atoms with Crippen molar-refractivity contribution in [1.29, 1.82) is 0 Å². The zero-order chi connectivity index (χ0) is 56.5. The number of hydrogen-bond donors (Lipinski definition) is 3. The van der Waals surface area contributed by atoms with Crippen LogP contribution in [0.3, 0.4) is 0 Å². The average Bonchev–Trinajstić information content (AvgIpc) is 3.97. The smallest absolute Gasteiger partial charge is 0.241 e. The van der Waals surface area contributed by atoms with Crippen LogP contribution in [0.1, 0.15) is 83.0 Å². The fraction of sp³-hybridized carbons (Fsp3) is 0.534. The number of carbonyl (C=O) groups excluding carboxylic acids is 1. The first-order valence-electron chi connectivity index (χ1n) is 27.9. The zero-order valence-electron chi connectivity index (χ0n) is 47.6. The third-order valence-electron chi connectivity index (χ3n) is 16.0. The minimum atomic E-state index is -3.82. The standard InChI is InChI=1S/C58H77FN14O6S/c1-37-29-72(32-52(74)73-35-58(8,9)53-49(73)22-42(25-61-53)21-41-11-13-43(59)14-12-41)44(26-60-37)30-71-31-46(78-33-38(71)2)34-79-45-27-62-56(63-28-45)70-18-16-69(17-19-70)15-10-20-77-50-24-48-47(23-51(50)80(75,76)57(5,6)7)55(65-36-64-48)66-54-39(3)40(4)67-68-54/h11-14,22-25,27-28,36-38,44,46,60H,10,15-21,26,29-35H2,1-9H3,(H2,64,65,66,67,68)/t37-,38-,44-,46-/m1/s1. The van der Waals surface area contributed by atoms with Crippen LogP contribution in [0.15, 0.2) is 72.3 Å². The largest absolute Gasteiger partial charge is 0.492 e. The number of benzene rings is 2. The molecule has 0 radical (unpaired) electrons. The van der Waals surface area contributed by atoms with Crippen molar-refractivity contribution in [2.24, 2.45) is 0 Å². The molecule has 4 aliphatic rings. The number of sulfone groups is 1. The van der Waals surface area contributed by atoms with Crippen LogP contribution in [0.4, 0.5) is 27.7 Å². The summed E-state index contributed by atoms with van der Waals surface area (Å²) in [6.07, 6.45) is 7.92. The summed E-state index contributed by atoms with van der Waals surface area (Å²) in [6.45, 7) is 26.6. The molecular weight excluding hydrogens is 1040 g/mol. The van der Waals surface area contributed by atoms with Gasteiger partial charge in [0.15, 0.2) is 21.4 Å². The third kappa shape index (κ3) is 12.7. The van der Waals surface area contributed by atoms with Gasteiger partial charge in [-0.3, -0.25) is 29.6 Å². The molecule has 3 fully saturated rings. The molecule has 10 rings (SSSR count). The first-order chi connectivity index (χ1) is 38.2. The van der Waals surface area contributed by atoms with Crippen molar-refractivity contribution in [2.75, 3.05) is 107 Å². The molecule has 6 aromatic rings. The van der Waals surface area contributed by atoms with E-state index in [2.05, 4.69) is 94.1 Å². The number of halogens is 1. The first kappa shape index (κ1) is 56.8. The van der Waals surface area contributed by atoms with Crippen molar-refractivity contribution < 1.29 is 31.8 Å². The maximum absolute atomic E-state index is 14.4. The van der Waals surface area contributed by atoms with E-state index in [-0.39, 0.29) is 52.0 Å². The summed E-state index contributed by atoms with van der Waals surface area (Å²) >= 11 is 0. The molecule has 20 nitrogen and oxygen atoms in total. The molecule has 0 unspecified atom stereocenters. The lowest BCUT2D eigenvalue weighted by Gasteiger charge is -2.45. The van der Waals surface area contributed by atoms with Gasteiger partial charge in [-0.25, -0.2) is 32.7 Å². The molecule has 3 saturated heterocycles. The molecule has 428 valence electrons. The maximum Gasteiger partial charge on any atom is 0.241 e. The summed E-state index contributed by atoms with van der Waals surface area (Å²) in [4.78, 5) is 48.9. The number of carbonyl (C=O) groups is 1. The highest BCUT2D eigenvalue weighted by molar-refractivity contribution is 7.92. The van der Waals surface area contributed by atoms with E-state index in [4.69, 9.17) is 19.2 Å².